The Morgan fingerprint density at radius 3 is 2.36 bits per heavy atom. The van der Waals surface area contributed by atoms with E-state index in [4.69, 9.17) is 0 Å². The lowest BCUT2D eigenvalue weighted by atomic mass is 9.84. The lowest BCUT2D eigenvalue weighted by Gasteiger charge is -2.34. The molecule has 0 aromatic heterocycles. The molecular formula is C19H32N2S. The number of benzene rings is 1. The molecule has 0 saturated carbocycles. The molecule has 2 nitrogen and oxygen atoms in total. The number of nitrogens with zero attached hydrogens (tertiary/aromatic N) is 1. The maximum Gasteiger partial charge on any atom is 0.0393 e. The quantitative estimate of drug-likeness (QED) is 0.721. The number of rotatable bonds is 7. The van der Waals surface area contributed by atoms with Crippen LogP contribution in [0, 0.1) is 11.8 Å². The van der Waals surface area contributed by atoms with Crippen LogP contribution in [0.4, 0.5) is 0 Å². The van der Waals surface area contributed by atoms with E-state index in [-0.39, 0.29) is 0 Å². The van der Waals surface area contributed by atoms with Crippen LogP contribution >= 0.6 is 11.9 Å². The predicted molar refractivity (Wildman–Crippen MR) is 99.0 cm³/mol. The van der Waals surface area contributed by atoms with Gasteiger partial charge in [0.25, 0.3) is 0 Å². The summed E-state index contributed by atoms with van der Waals surface area (Å²) in [4.78, 5) is 2.62. The molecule has 0 amide bonds. The van der Waals surface area contributed by atoms with E-state index < -0.39 is 0 Å². The van der Waals surface area contributed by atoms with Crippen LogP contribution in [0.2, 0.25) is 0 Å². The zero-order valence-electron chi connectivity index (χ0n) is 14.6. The van der Waals surface area contributed by atoms with Gasteiger partial charge >= 0.3 is 0 Å². The first-order valence-corrected chi connectivity index (χ1v) is 9.96. The highest BCUT2D eigenvalue weighted by molar-refractivity contribution is 7.96. The largest absolute Gasteiger partial charge is 0.299 e. The Kier molecular flexibility index (Phi) is 7.26. The van der Waals surface area contributed by atoms with Gasteiger partial charge in [-0.05, 0) is 62.1 Å². The molecule has 2 atom stereocenters. The van der Waals surface area contributed by atoms with Crippen molar-refractivity contribution < 1.29 is 0 Å². The summed E-state index contributed by atoms with van der Waals surface area (Å²) in [6, 6.07) is 9.56. The van der Waals surface area contributed by atoms with Gasteiger partial charge in [0, 0.05) is 12.6 Å². The van der Waals surface area contributed by atoms with Gasteiger partial charge in [-0.2, -0.15) is 0 Å². The third-order valence-corrected chi connectivity index (χ3v) is 5.85. The zero-order valence-corrected chi connectivity index (χ0v) is 15.5. The number of hydrogen-bond acceptors (Lipinski definition) is 3. The van der Waals surface area contributed by atoms with Gasteiger partial charge in [0.15, 0.2) is 0 Å². The van der Waals surface area contributed by atoms with Crippen molar-refractivity contribution in [1.82, 2.24) is 9.62 Å². The average molecular weight is 321 g/mol. The molecular weight excluding hydrogens is 288 g/mol. The van der Waals surface area contributed by atoms with Crippen LogP contribution in [0.25, 0.3) is 0 Å². The maximum absolute atomic E-state index is 3.39. The van der Waals surface area contributed by atoms with Gasteiger partial charge in [-0.3, -0.25) is 9.62 Å². The summed E-state index contributed by atoms with van der Waals surface area (Å²) in [5.41, 5.74) is 2.82. The average Bonchev–Trinajstić information content (AvgIpc) is 2.55. The lowest BCUT2D eigenvalue weighted by Crippen LogP contribution is -2.35. The minimum atomic E-state index is 0.412. The maximum atomic E-state index is 3.39. The fourth-order valence-electron chi connectivity index (χ4n) is 3.43. The Morgan fingerprint density at radius 1 is 1.18 bits per heavy atom. The monoisotopic (exact) mass is 320 g/mol. The first-order chi connectivity index (χ1) is 10.6. The molecule has 3 heteroatoms. The van der Waals surface area contributed by atoms with Gasteiger partial charge < -0.3 is 0 Å². The summed E-state index contributed by atoms with van der Waals surface area (Å²) in [5, 5.41) is 0. The van der Waals surface area contributed by atoms with Gasteiger partial charge in [-0.1, -0.05) is 56.5 Å². The van der Waals surface area contributed by atoms with E-state index in [0.717, 1.165) is 18.4 Å². The molecule has 2 rings (SSSR count). The van der Waals surface area contributed by atoms with Gasteiger partial charge in [0.2, 0.25) is 0 Å². The molecule has 1 saturated heterocycles. The fraction of sp³-hybridized carbons (Fsp3) is 0.684. The molecule has 0 radical (unpaired) electrons. The molecule has 2 unspecified atom stereocenters. The van der Waals surface area contributed by atoms with Gasteiger partial charge in [-0.15, -0.1) is 0 Å². The second kappa shape index (κ2) is 8.95. The first-order valence-electron chi connectivity index (χ1n) is 8.73. The molecule has 0 spiro atoms. The Morgan fingerprint density at radius 2 is 1.82 bits per heavy atom. The van der Waals surface area contributed by atoms with E-state index in [1.807, 2.05) is 0 Å². The summed E-state index contributed by atoms with van der Waals surface area (Å²) in [7, 11) is 0. The second-order valence-electron chi connectivity index (χ2n) is 6.78. The van der Waals surface area contributed by atoms with Crippen LogP contribution in [0.15, 0.2) is 24.3 Å². The van der Waals surface area contributed by atoms with E-state index >= 15 is 0 Å². The van der Waals surface area contributed by atoms with Gasteiger partial charge in [0.05, 0.1) is 0 Å². The number of likely N-dealkylation sites (tertiary alicyclic amines) is 1. The van der Waals surface area contributed by atoms with Crippen molar-refractivity contribution >= 4 is 11.9 Å². The van der Waals surface area contributed by atoms with Crippen LogP contribution in [0.5, 0.6) is 0 Å². The van der Waals surface area contributed by atoms with Crippen molar-refractivity contribution in [2.45, 2.75) is 52.6 Å². The minimum absolute atomic E-state index is 0.412. The number of nitrogens with one attached hydrogen (secondary N) is 1. The normalized spacial score (nSPS) is 20.0. The Balaban J connectivity index is 1.82. The highest BCUT2D eigenvalue weighted by Gasteiger charge is 2.22. The molecule has 1 heterocycles. The molecule has 1 aromatic rings. The van der Waals surface area contributed by atoms with Crippen molar-refractivity contribution in [3.63, 3.8) is 0 Å². The predicted octanol–water partition coefficient (Wildman–Crippen LogP) is 4.87. The first kappa shape index (κ1) is 17.8. The van der Waals surface area contributed by atoms with Crippen LogP contribution in [0.1, 0.15) is 57.2 Å². The highest BCUT2D eigenvalue weighted by Crippen LogP contribution is 2.27. The topological polar surface area (TPSA) is 15.3 Å². The van der Waals surface area contributed by atoms with Gasteiger partial charge in [-0.25, -0.2) is 0 Å². The molecule has 1 aliphatic rings. The molecule has 1 aromatic carbocycles. The van der Waals surface area contributed by atoms with Crippen molar-refractivity contribution in [3.05, 3.63) is 35.4 Å². The van der Waals surface area contributed by atoms with Crippen molar-refractivity contribution in [3.8, 4) is 0 Å². The highest BCUT2D eigenvalue weighted by atomic mass is 32.2. The molecule has 0 bridgehead atoms. The number of piperidine rings is 1. The molecule has 1 N–H and O–H groups in total. The molecule has 22 heavy (non-hydrogen) atoms. The Labute approximate surface area is 141 Å². The molecule has 1 aliphatic heterocycles. The van der Waals surface area contributed by atoms with Crippen molar-refractivity contribution in [2.24, 2.45) is 11.8 Å². The third kappa shape index (κ3) is 5.00. The Hall–Kier alpha value is -0.510. The summed E-state index contributed by atoms with van der Waals surface area (Å²) < 4.78 is 3.39. The molecule has 0 aliphatic carbocycles. The summed E-state index contributed by atoms with van der Waals surface area (Å²) >= 11 is 1.68. The van der Waals surface area contributed by atoms with Crippen LogP contribution in [-0.2, 0) is 6.54 Å². The SMILES string of the molecule is CCC(C)C1CCN(Cc2ccc(C(C)NSC)cc2)CC1. The summed E-state index contributed by atoms with van der Waals surface area (Å²) in [6.07, 6.45) is 6.16. The smallest absolute Gasteiger partial charge is 0.0393 e. The minimum Gasteiger partial charge on any atom is -0.299 e. The standard InChI is InChI=1S/C19H32N2S/c1-5-15(2)18-10-12-21(13-11-18)14-17-6-8-19(9-7-17)16(3)20-22-4/h6-9,15-16,18,20H,5,10-14H2,1-4H3. The van der Waals surface area contributed by atoms with Crippen LogP contribution in [-0.4, -0.2) is 24.2 Å². The number of hydrogen-bond donors (Lipinski definition) is 1. The third-order valence-electron chi connectivity index (χ3n) is 5.26. The van der Waals surface area contributed by atoms with Crippen LogP contribution in [0.3, 0.4) is 0 Å². The van der Waals surface area contributed by atoms with E-state index in [0.29, 0.717) is 6.04 Å². The fourth-order valence-corrected chi connectivity index (χ4v) is 3.92. The summed E-state index contributed by atoms with van der Waals surface area (Å²) in [5.74, 6) is 1.84. The van der Waals surface area contributed by atoms with E-state index in [1.165, 1.54) is 43.5 Å². The Bertz CT molecular complexity index is 424. The lowest BCUT2D eigenvalue weighted by molar-refractivity contribution is 0.145. The van der Waals surface area contributed by atoms with E-state index in [1.54, 1.807) is 11.9 Å². The second-order valence-corrected chi connectivity index (χ2v) is 7.43. The summed E-state index contributed by atoms with van der Waals surface area (Å²) in [6.45, 7) is 10.6. The molecule has 1 fully saturated rings. The zero-order chi connectivity index (χ0) is 15.9. The van der Waals surface area contributed by atoms with Crippen molar-refractivity contribution in [2.75, 3.05) is 19.3 Å². The van der Waals surface area contributed by atoms with Crippen LogP contribution < -0.4 is 4.72 Å². The van der Waals surface area contributed by atoms with E-state index in [2.05, 4.69) is 60.9 Å². The van der Waals surface area contributed by atoms with Crippen molar-refractivity contribution in [1.29, 1.82) is 0 Å². The van der Waals surface area contributed by atoms with E-state index in [9.17, 15) is 0 Å². The molecule has 124 valence electrons. The van der Waals surface area contributed by atoms with Gasteiger partial charge in [0.1, 0.15) is 0 Å².